The second kappa shape index (κ2) is 12.9. The summed E-state index contributed by atoms with van der Waals surface area (Å²) in [6.45, 7) is 7.60. The maximum Gasteiger partial charge on any atom is 0.298 e. The highest BCUT2D eigenvalue weighted by Crippen LogP contribution is 2.38. The maximum atomic E-state index is 11.0. The first-order valence-corrected chi connectivity index (χ1v) is 16.5. The molecule has 0 aliphatic carbocycles. The van der Waals surface area contributed by atoms with Crippen LogP contribution in [-0.4, -0.2) is 71.5 Å². The van der Waals surface area contributed by atoms with Gasteiger partial charge in [-0.3, -0.25) is 9.69 Å². The number of hydrogen-bond donors (Lipinski definition) is 0. The van der Waals surface area contributed by atoms with Crippen molar-refractivity contribution in [2.45, 2.75) is 57.1 Å². The smallest absolute Gasteiger partial charge is 0.298 e. The minimum Gasteiger partial charge on any atom is -0.473 e. The van der Waals surface area contributed by atoms with Crippen LogP contribution in [0.25, 0.3) is 11.0 Å². The number of hydrogen-bond acceptors (Lipinski definition) is 9. The molecule has 3 saturated heterocycles. The zero-order valence-corrected chi connectivity index (χ0v) is 26.4. The fraction of sp³-hybridized carbons (Fsp3) is 0.457. The first-order valence-electron chi connectivity index (χ1n) is 16.1. The molecular formula is C35H37ClN4O6. The van der Waals surface area contributed by atoms with E-state index < -0.39 is 0 Å². The molecule has 2 aromatic carbocycles. The van der Waals surface area contributed by atoms with Crippen molar-refractivity contribution < 1.29 is 28.5 Å². The summed E-state index contributed by atoms with van der Waals surface area (Å²) in [5.41, 5.74) is 6.21. The second-order valence-electron chi connectivity index (χ2n) is 12.8. The van der Waals surface area contributed by atoms with Crippen molar-refractivity contribution in [3.8, 4) is 11.6 Å². The van der Waals surface area contributed by atoms with Gasteiger partial charge in [0.15, 0.2) is 0 Å². The fourth-order valence-corrected chi connectivity index (χ4v) is 7.30. The van der Waals surface area contributed by atoms with Gasteiger partial charge in [0.25, 0.3) is 6.47 Å². The van der Waals surface area contributed by atoms with Crippen molar-refractivity contribution in [2.75, 3.05) is 39.5 Å². The molecule has 4 aromatic rings. The Balaban J connectivity index is 0.969. The lowest BCUT2D eigenvalue weighted by molar-refractivity contribution is -0.120. The van der Waals surface area contributed by atoms with Gasteiger partial charge < -0.3 is 28.3 Å². The average Bonchev–Trinajstić information content (AvgIpc) is 3.23. The van der Waals surface area contributed by atoms with Gasteiger partial charge in [-0.2, -0.15) is 0 Å². The van der Waals surface area contributed by atoms with Gasteiger partial charge in [-0.05, 0) is 54.8 Å². The third-order valence-electron chi connectivity index (χ3n) is 9.84. The largest absolute Gasteiger partial charge is 0.473 e. The van der Waals surface area contributed by atoms with Crippen molar-refractivity contribution in [3.05, 3.63) is 81.8 Å². The number of imidazole rings is 1. The number of carbonyl (C=O) groups excluding carboxylic acids is 1. The highest BCUT2D eigenvalue weighted by Gasteiger charge is 2.36. The van der Waals surface area contributed by atoms with E-state index in [0.29, 0.717) is 61.3 Å². The summed E-state index contributed by atoms with van der Waals surface area (Å²) in [4.78, 5) is 23.5. The summed E-state index contributed by atoms with van der Waals surface area (Å²) >= 11 is 6.62. The molecule has 0 N–H and O–H groups in total. The molecule has 11 heteroatoms. The first kappa shape index (κ1) is 29.8. The molecule has 2 aromatic heterocycles. The third kappa shape index (κ3) is 6.00. The van der Waals surface area contributed by atoms with Gasteiger partial charge in [-0.25, -0.2) is 9.97 Å². The monoisotopic (exact) mass is 644 g/mol. The predicted molar refractivity (Wildman–Crippen MR) is 170 cm³/mol. The Morgan fingerprint density at radius 1 is 1.02 bits per heavy atom. The van der Waals surface area contributed by atoms with Crippen molar-refractivity contribution in [2.24, 2.45) is 5.92 Å². The van der Waals surface area contributed by atoms with Gasteiger partial charge in [0.2, 0.25) is 5.88 Å². The standard InChI is InChI=1S/C35H37ClN4O6/c36-30-11-22(26-18-43-19-26)1-2-23(30)20-45-34-6-3-24-16-42-17-25-13-39(9-7-29(25)35(24)38-34)15-33-37-31-5-4-27(46-21-41)12-32(31)40(33)14-28-8-10-44-28/h1-6,11-12,21,25-26,28-29H,7-10,13-20H2/t25?,28-,29?/m0/s1. The number of piperidine rings is 1. The van der Waals surface area contributed by atoms with Crippen LogP contribution in [0.2, 0.25) is 5.02 Å². The average molecular weight is 645 g/mol. The number of halogens is 1. The Kier molecular flexibility index (Phi) is 8.38. The zero-order valence-electron chi connectivity index (χ0n) is 25.6. The zero-order chi connectivity index (χ0) is 31.0. The van der Waals surface area contributed by atoms with E-state index in [-0.39, 0.29) is 12.0 Å². The van der Waals surface area contributed by atoms with Crippen LogP contribution in [-0.2, 0) is 45.3 Å². The predicted octanol–water partition coefficient (Wildman–Crippen LogP) is 5.24. The van der Waals surface area contributed by atoms with Crippen LogP contribution in [0.3, 0.4) is 0 Å². The molecule has 0 radical (unpaired) electrons. The van der Waals surface area contributed by atoms with Crippen LogP contribution in [0.4, 0.5) is 0 Å². The molecule has 3 atom stereocenters. The van der Waals surface area contributed by atoms with E-state index >= 15 is 0 Å². The number of carbonyl (C=O) groups is 1. The topological polar surface area (TPSA) is 97.2 Å². The summed E-state index contributed by atoms with van der Waals surface area (Å²) in [6.07, 6.45) is 2.17. The van der Waals surface area contributed by atoms with Crippen molar-refractivity contribution in [1.82, 2.24) is 19.4 Å². The number of nitrogens with zero attached hydrogens (tertiary/aromatic N) is 4. The number of likely N-dealkylation sites (tertiary alicyclic amines) is 1. The van der Waals surface area contributed by atoms with E-state index in [1.165, 1.54) is 5.56 Å². The van der Waals surface area contributed by atoms with Gasteiger partial charge in [-0.15, -0.1) is 0 Å². The van der Waals surface area contributed by atoms with Gasteiger partial charge >= 0.3 is 0 Å². The van der Waals surface area contributed by atoms with E-state index in [1.54, 1.807) is 6.07 Å². The molecule has 4 aliphatic rings. The number of aromatic nitrogens is 3. The lowest BCUT2D eigenvalue weighted by atomic mass is 9.82. The van der Waals surface area contributed by atoms with Crippen LogP contribution in [0.5, 0.6) is 11.6 Å². The van der Waals surface area contributed by atoms with E-state index in [1.807, 2.05) is 30.3 Å². The molecule has 46 heavy (non-hydrogen) atoms. The molecule has 4 aliphatic heterocycles. The van der Waals surface area contributed by atoms with Crippen LogP contribution in [0, 0.1) is 5.92 Å². The molecule has 0 spiro atoms. The maximum absolute atomic E-state index is 11.0. The summed E-state index contributed by atoms with van der Waals surface area (Å²) < 4.78 is 30.9. The Morgan fingerprint density at radius 2 is 1.93 bits per heavy atom. The van der Waals surface area contributed by atoms with E-state index in [2.05, 4.69) is 21.6 Å². The van der Waals surface area contributed by atoms with E-state index in [4.69, 9.17) is 45.3 Å². The van der Waals surface area contributed by atoms with Gasteiger partial charge in [0, 0.05) is 53.6 Å². The normalized spacial score (nSPS) is 23.1. The lowest BCUT2D eigenvalue weighted by Gasteiger charge is -2.37. The summed E-state index contributed by atoms with van der Waals surface area (Å²) in [5.74, 6) is 3.13. The number of rotatable bonds is 10. The van der Waals surface area contributed by atoms with Gasteiger partial charge in [0.1, 0.15) is 18.2 Å². The minimum absolute atomic E-state index is 0.171. The van der Waals surface area contributed by atoms with Crippen molar-refractivity contribution in [1.29, 1.82) is 0 Å². The van der Waals surface area contributed by atoms with Gasteiger partial charge in [0.05, 0.1) is 62.3 Å². The fourth-order valence-electron chi connectivity index (χ4n) is 7.06. The summed E-state index contributed by atoms with van der Waals surface area (Å²) in [7, 11) is 0. The SMILES string of the molecule is O=COc1ccc2nc(CN3CCC4c5nc(OCc6ccc(C7COC7)cc6Cl)ccc5COCC4C3)n(C[C@@H]3CCO3)c2c1. The molecular weight excluding hydrogens is 608 g/mol. The van der Waals surface area contributed by atoms with Crippen LogP contribution >= 0.6 is 11.6 Å². The Labute approximate surface area is 272 Å². The summed E-state index contributed by atoms with van der Waals surface area (Å²) in [5, 5.41) is 0.712. The molecule has 0 bridgehead atoms. The highest BCUT2D eigenvalue weighted by atomic mass is 35.5. The molecule has 3 fully saturated rings. The van der Waals surface area contributed by atoms with Crippen molar-refractivity contribution >= 4 is 29.1 Å². The minimum atomic E-state index is 0.171. The Bertz CT molecular complexity index is 1740. The molecule has 10 nitrogen and oxygen atoms in total. The number of benzene rings is 2. The molecule has 6 heterocycles. The molecule has 0 amide bonds. The van der Waals surface area contributed by atoms with Crippen LogP contribution in [0.1, 0.15) is 52.9 Å². The number of fused-ring (bicyclic) bond motifs is 4. The van der Waals surface area contributed by atoms with E-state index in [0.717, 1.165) is 86.0 Å². The number of ether oxygens (including phenoxy) is 5. The van der Waals surface area contributed by atoms with E-state index in [9.17, 15) is 4.79 Å². The van der Waals surface area contributed by atoms with Crippen LogP contribution in [0.15, 0.2) is 48.5 Å². The highest BCUT2D eigenvalue weighted by molar-refractivity contribution is 6.31. The summed E-state index contributed by atoms with van der Waals surface area (Å²) in [6, 6.07) is 15.8. The quantitative estimate of drug-likeness (QED) is 0.215. The van der Waals surface area contributed by atoms with Crippen molar-refractivity contribution in [3.63, 3.8) is 0 Å². The molecule has 0 saturated carbocycles. The third-order valence-corrected chi connectivity index (χ3v) is 10.2. The molecule has 2 unspecified atom stereocenters. The lowest BCUT2D eigenvalue weighted by Crippen LogP contribution is -2.41. The number of pyridine rings is 1. The molecule has 240 valence electrons. The first-order chi connectivity index (χ1) is 22.6. The molecule has 8 rings (SSSR count). The second-order valence-corrected chi connectivity index (χ2v) is 13.2. The Morgan fingerprint density at radius 3 is 2.72 bits per heavy atom. The van der Waals surface area contributed by atoms with Crippen LogP contribution < -0.4 is 9.47 Å². The van der Waals surface area contributed by atoms with Gasteiger partial charge in [-0.1, -0.05) is 23.7 Å². The Hall–Kier alpha value is -3.54.